The molecule has 0 saturated carbocycles. The molecule has 0 atom stereocenters. The van der Waals surface area contributed by atoms with Gasteiger partial charge in [-0.1, -0.05) is 11.7 Å². The van der Waals surface area contributed by atoms with Gasteiger partial charge in [0, 0.05) is 6.07 Å². The number of carbonyl (C=O) groups excluding carboxylic acids is 1. The van der Waals surface area contributed by atoms with Gasteiger partial charge in [0.05, 0.1) is 6.26 Å². The van der Waals surface area contributed by atoms with E-state index < -0.39 is 0 Å². The summed E-state index contributed by atoms with van der Waals surface area (Å²) in [5.41, 5.74) is 0.527. The van der Waals surface area contributed by atoms with E-state index >= 15 is 0 Å². The van der Waals surface area contributed by atoms with E-state index in [1.165, 1.54) is 6.26 Å². The van der Waals surface area contributed by atoms with Crippen molar-refractivity contribution in [1.82, 2.24) is 5.16 Å². The van der Waals surface area contributed by atoms with Crippen LogP contribution in [0.2, 0.25) is 0 Å². The summed E-state index contributed by atoms with van der Waals surface area (Å²) in [5.74, 6) is 0.487. The Kier molecular flexibility index (Phi) is 2.37. The number of rotatable bonds is 3. The summed E-state index contributed by atoms with van der Waals surface area (Å²) in [6.45, 7) is 3.32. The molecule has 0 bridgehead atoms. The lowest BCUT2D eigenvalue weighted by Crippen LogP contribution is -2.05. The van der Waals surface area contributed by atoms with Gasteiger partial charge in [-0.05, 0) is 18.2 Å². The van der Waals surface area contributed by atoms with Crippen LogP contribution in [0.4, 0.5) is 5.88 Å². The maximum atomic E-state index is 10.9. The Hall–Kier alpha value is -2.30. The number of amides is 1. The van der Waals surface area contributed by atoms with Gasteiger partial charge in [-0.3, -0.25) is 10.1 Å². The van der Waals surface area contributed by atoms with E-state index in [-0.39, 0.29) is 11.8 Å². The normalized spacial score (nSPS) is 9.87. The van der Waals surface area contributed by atoms with Crippen LogP contribution < -0.4 is 5.32 Å². The Balaban J connectivity index is 2.17. The molecule has 0 radical (unpaired) electrons. The lowest BCUT2D eigenvalue weighted by Gasteiger charge is -1.91. The van der Waals surface area contributed by atoms with E-state index in [1.807, 2.05) is 0 Å². The Morgan fingerprint density at radius 1 is 1.60 bits per heavy atom. The van der Waals surface area contributed by atoms with Crippen molar-refractivity contribution in [3.05, 3.63) is 37.1 Å². The fourth-order valence-electron chi connectivity index (χ4n) is 1.05. The first kappa shape index (κ1) is 9.26. The number of hydrogen-bond donors (Lipinski definition) is 1. The van der Waals surface area contributed by atoms with E-state index in [4.69, 9.17) is 8.94 Å². The maximum Gasteiger partial charge on any atom is 0.250 e. The topological polar surface area (TPSA) is 68.3 Å². The average Bonchev–Trinajstić information content (AvgIpc) is 2.85. The zero-order valence-corrected chi connectivity index (χ0v) is 7.77. The van der Waals surface area contributed by atoms with Crippen LogP contribution >= 0.6 is 0 Å². The van der Waals surface area contributed by atoms with Gasteiger partial charge in [0.25, 0.3) is 0 Å². The molecule has 0 fully saturated rings. The monoisotopic (exact) mass is 204 g/mol. The minimum absolute atomic E-state index is 0.256. The number of nitrogens with one attached hydrogen (secondary N) is 1. The van der Waals surface area contributed by atoms with Gasteiger partial charge < -0.3 is 8.94 Å². The van der Waals surface area contributed by atoms with Crippen molar-refractivity contribution in [2.45, 2.75) is 0 Å². The molecule has 0 spiro atoms. The largest absolute Gasteiger partial charge is 0.463 e. The molecule has 0 unspecified atom stereocenters. The van der Waals surface area contributed by atoms with Crippen molar-refractivity contribution in [2.24, 2.45) is 0 Å². The molecule has 5 nitrogen and oxygen atoms in total. The molecular weight excluding hydrogens is 196 g/mol. The lowest BCUT2D eigenvalue weighted by molar-refractivity contribution is -0.112. The third-order valence-corrected chi connectivity index (χ3v) is 1.72. The second kappa shape index (κ2) is 3.83. The predicted molar refractivity (Wildman–Crippen MR) is 53.0 cm³/mol. The first-order valence-electron chi connectivity index (χ1n) is 4.23. The lowest BCUT2D eigenvalue weighted by atomic mass is 10.3. The molecule has 76 valence electrons. The van der Waals surface area contributed by atoms with Crippen LogP contribution in [0, 0.1) is 0 Å². The Morgan fingerprint density at radius 3 is 3.13 bits per heavy atom. The van der Waals surface area contributed by atoms with E-state index in [0.29, 0.717) is 11.5 Å². The third-order valence-electron chi connectivity index (χ3n) is 1.72. The Morgan fingerprint density at radius 2 is 2.47 bits per heavy atom. The minimum atomic E-state index is -0.350. The zero-order valence-electron chi connectivity index (χ0n) is 7.77. The third kappa shape index (κ3) is 1.96. The molecule has 2 heterocycles. The van der Waals surface area contributed by atoms with Crippen LogP contribution in [-0.2, 0) is 4.79 Å². The fraction of sp³-hybridized carbons (Fsp3) is 0. The summed E-state index contributed by atoms with van der Waals surface area (Å²) in [4.78, 5) is 10.9. The molecule has 0 saturated heterocycles. The smallest absolute Gasteiger partial charge is 0.250 e. The van der Waals surface area contributed by atoms with Crippen LogP contribution in [0.3, 0.4) is 0 Å². The van der Waals surface area contributed by atoms with Crippen LogP contribution in [-0.4, -0.2) is 11.1 Å². The van der Waals surface area contributed by atoms with E-state index in [9.17, 15) is 4.79 Å². The van der Waals surface area contributed by atoms with Crippen molar-refractivity contribution in [3.8, 4) is 11.5 Å². The van der Waals surface area contributed by atoms with Crippen molar-refractivity contribution >= 4 is 11.8 Å². The molecule has 0 aliphatic rings. The van der Waals surface area contributed by atoms with Gasteiger partial charge in [-0.2, -0.15) is 0 Å². The fourth-order valence-corrected chi connectivity index (χ4v) is 1.05. The van der Waals surface area contributed by atoms with Crippen LogP contribution in [0.5, 0.6) is 0 Å². The van der Waals surface area contributed by atoms with E-state index in [0.717, 1.165) is 6.08 Å². The van der Waals surface area contributed by atoms with Gasteiger partial charge in [0.1, 0.15) is 0 Å². The molecule has 15 heavy (non-hydrogen) atoms. The highest BCUT2D eigenvalue weighted by molar-refractivity contribution is 5.98. The second-order valence-corrected chi connectivity index (χ2v) is 2.75. The highest BCUT2D eigenvalue weighted by Gasteiger charge is 2.09. The van der Waals surface area contributed by atoms with Gasteiger partial charge >= 0.3 is 0 Å². The molecule has 1 N–H and O–H groups in total. The molecule has 0 aliphatic heterocycles. The highest BCUT2D eigenvalue weighted by Crippen LogP contribution is 2.21. The molecule has 0 aliphatic carbocycles. The highest BCUT2D eigenvalue weighted by atomic mass is 16.5. The summed E-state index contributed by atoms with van der Waals surface area (Å²) < 4.78 is 9.98. The predicted octanol–water partition coefficient (Wildman–Crippen LogP) is 2.06. The Labute approximate surface area is 85.4 Å². The molecule has 2 aromatic heterocycles. The summed E-state index contributed by atoms with van der Waals surface area (Å²) in [6, 6.07) is 5.06. The van der Waals surface area contributed by atoms with Gasteiger partial charge in [-0.25, -0.2) is 0 Å². The Bertz CT molecular complexity index is 471. The maximum absolute atomic E-state index is 10.9. The molecule has 1 amide bonds. The number of anilines is 1. The number of hydrogen-bond acceptors (Lipinski definition) is 4. The summed E-state index contributed by atoms with van der Waals surface area (Å²) >= 11 is 0. The number of carbonyl (C=O) groups is 1. The second-order valence-electron chi connectivity index (χ2n) is 2.75. The van der Waals surface area contributed by atoms with Crippen LogP contribution in [0.1, 0.15) is 0 Å². The van der Waals surface area contributed by atoms with E-state index in [1.54, 1.807) is 18.2 Å². The molecular formula is C10H8N2O3. The summed E-state index contributed by atoms with van der Waals surface area (Å²) in [5, 5.41) is 6.17. The quantitative estimate of drug-likeness (QED) is 0.777. The van der Waals surface area contributed by atoms with Crippen molar-refractivity contribution in [1.29, 1.82) is 0 Å². The first-order valence-corrected chi connectivity index (χ1v) is 4.23. The first-order chi connectivity index (χ1) is 7.29. The summed E-state index contributed by atoms with van der Waals surface area (Å²) in [6.07, 6.45) is 2.68. The number of nitrogens with zero attached hydrogens (tertiary/aromatic N) is 1. The van der Waals surface area contributed by atoms with Gasteiger partial charge in [0.15, 0.2) is 11.5 Å². The SMILES string of the molecule is C=CC(=O)Nc1cc(-c2ccco2)no1. The van der Waals surface area contributed by atoms with Crippen molar-refractivity contribution < 1.29 is 13.7 Å². The van der Waals surface area contributed by atoms with Crippen molar-refractivity contribution in [3.63, 3.8) is 0 Å². The summed E-state index contributed by atoms with van der Waals surface area (Å²) in [7, 11) is 0. The standard InChI is InChI=1S/C10H8N2O3/c1-2-9(13)11-10-6-7(12-15-10)8-4-3-5-14-8/h2-6H,1H2,(H,11,13). The zero-order chi connectivity index (χ0) is 10.7. The average molecular weight is 204 g/mol. The van der Waals surface area contributed by atoms with Crippen molar-refractivity contribution in [2.75, 3.05) is 5.32 Å². The molecule has 0 aromatic carbocycles. The molecule has 2 rings (SSSR count). The van der Waals surface area contributed by atoms with E-state index in [2.05, 4.69) is 17.1 Å². The number of aromatic nitrogens is 1. The van der Waals surface area contributed by atoms with Gasteiger partial charge in [-0.15, -0.1) is 0 Å². The van der Waals surface area contributed by atoms with Gasteiger partial charge in [0.2, 0.25) is 11.8 Å². The molecule has 2 aromatic rings. The minimum Gasteiger partial charge on any atom is -0.463 e. The van der Waals surface area contributed by atoms with Crippen LogP contribution in [0.15, 0.2) is 46.1 Å². The number of furan rings is 1. The molecule has 5 heteroatoms. The van der Waals surface area contributed by atoms with Crippen LogP contribution in [0.25, 0.3) is 11.5 Å².